The molecule has 3 N–H and O–H groups in total. The third-order valence-electron chi connectivity index (χ3n) is 4.15. The van der Waals surface area contributed by atoms with Crippen LogP contribution in [0.3, 0.4) is 0 Å². The van der Waals surface area contributed by atoms with Gasteiger partial charge in [-0.15, -0.1) is 0 Å². The number of nitrogens with zero attached hydrogens (tertiary/aromatic N) is 1. The van der Waals surface area contributed by atoms with Crippen molar-refractivity contribution in [1.82, 2.24) is 4.90 Å². The second-order valence-corrected chi connectivity index (χ2v) is 6.03. The molecule has 2 aromatic rings. The van der Waals surface area contributed by atoms with E-state index < -0.39 is 11.8 Å². The molecule has 0 saturated heterocycles. The van der Waals surface area contributed by atoms with Gasteiger partial charge in [-0.2, -0.15) is 0 Å². The SMILES string of the molecule is CCN(Cc1cccc(C(N)=O)c1)C(=O)C(C=O)Cc1ccc(O)cc1. The first-order valence-electron chi connectivity index (χ1n) is 8.35. The highest BCUT2D eigenvalue weighted by Crippen LogP contribution is 2.16. The van der Waals surface area contributed by atoms with E-state index in [-0.39, 0.29) is 24.6 Å². The molecular weight excluding hydrogens is 332 g/mol. The van der Waals surface area contributed by atoms with Gasteiger partial charge in [0.05, 0.1) is 5.92 Å². The fourth-order valence-electron chi connectivity index (χ4n) is 2.70. The van der Waals surface area contributed by atoms with Crippen molar-refractivity contribution in [3.63, 3.8) is 0 Å². The number of aldehydes is 1. The van der Waals surface area contributed by atoms with Crippen LogP contribution in [0.1, 0.15) is 28.4 Å². The summed E-state index contributed by atoms with van der Waals surface area (Å²) >= 11 is 0. The third kappa shape index (κ3) is 4.92. The van der Waals surface area contributed by atoms with Crippen LogP contribution in [0, 0.1) is 5.92 Å². The van der Waals surface area contributed by atoms with Gasteiger partial charge in [-0.3, -0.25) is 9.59 Å². The van der Waals surface area contributed by atoms with Gasteiger partial charge in [0.25, 0.3) is 0 Å². The molecule has 0 saturated carbocycles. The Bertz CT molecular complexity index is 787. The topological polar surface area (TPSA) is 101 Å². The van der Waals surface area contributed by atoms with Crippen molar-refractivity contribution < 1.29 is 19.5 Å². The van der Waals surface area contributed by atoms with Crippen molar-refractivity contribution in [3.8, 4) is 5.75 Å². The van der Waals surface area contributed by atoms with E-state index in [1.165, 1.54) is 12.1 Å². The molecule has 2 rings (SSSR count). The molecular formula is C20H22N2O4. The van der Waals surface area contributed by atoms with Crippen LogP contribution in [0.15, 0.2) is 48.5 Å². The fourth-order valence-corrected chi connectivity index (χ4v) is 2.70. The molecule has 0 spiro atoms. The number of phenols is 1. The number of aromatic hydroxyl groups is 1. The van der Waals surface area contributed by atoms with Crippen LogP contribution in [0.2, 0.25) is 0 Å². The number of carbonyl (C=O) groups excluding carboxylic acids is 3. The Hall–Kier alpha value is -3.15. The van der Waals surface area contributed by atoms with Crippen LogP contribution in [-0.4, -0.2) is 34.7 Å². The second-order valence-electron chi connectivity index (χ2n) is 6.03. The summed E-state index contributed by atoms with van der Waals surface area (Å²) in [6.07, 6.45) is 0.915. The zero-order valence-electron chi connectivity index (χ0n) is 14.6. The Morgan fingerprint density at radius 3 is 2.42 bits per heavy atom. The van der Waals surface area contributed by atoms with E-state index in [4.69, 9.17) is 5.73 Å². The zero-order valence-corrected chi connectivity index (χ0v) is 14.6. The van der Waals surface area contributed by atoms with Gasteiger partial charge < -0.3 is 20.5 Å². The van der Waals surface area contributed by atoms with Crippen molar-refractivity contribution in [2.45, 2.75) is 19.9 Å². The predicted molar refractivity (Wildman–Crippen MR) is 97.4 cm³/mol. The van der Waals surface area contributed by atoms with Gasteiger partial charge in [0.15, 0.2) is 0 Å². The van der Waals surface area contributed by atoms with Crippen LogP contribution in [-0.2, 0) is 22.6 Å². The van der Waals surface area contributed by atoms with E-state index in [1.807, 2.05) is 6.92 Å². The molecule has 0 aliphatic carbocycles. The maximum Gasteiger partial charge on any atom is 0.248 e. The molecule has 0 aliphatic rings. The monoisotopic (exact) mass is 354 g/mol. The number of nitrogens with two attached hydrogens (primary N) is 1. The van der Waals surface area contributed by atoms with Gasteiger partial charge in [-0.05, 0) is 48.7 Å². The molecule has 0 heterocycles. The summed E-state index contributed by atoms with van der Waals surface area (Å²) in [5.74, 6) is -1.48. The van der Waals surface area contributed by atoms with E-state index in [2.05, 4.69) is 0 Å². The molecule has 1 atom stereocenters. The first kappa shape index (κ1) is 19.2. The number of phenolic OH excluding ortho intramolecular Hbond substituents is 1. The van der Waals surface area contributed by atoms with Crippen molar-refractivity contribution in [1.29, 1.82) is 0 Å². The number of hydrogen-bond donors (Lipinski definition) is 2. The molecule has 136 valence electrons. The fraction of sp³-hybridized carbons (Fsp3) is 0.250. The molecule has 2 aromatic carbocycles. The van der Waals surface area contributed by atoms with Crippen LogP contribution in [0.4, 0.5) is 0 Å². The highest BCUT2D eigenvalue weighted by Gasteiger charge is 2.23. The Balaban J connectivity index is 2.12. The highest BCUT2D eigenvalue weighted by molar-refractivity contribution is 5.93. The number of rotatable bonds is 8. The average Bonchev–Trinajstić information content (AvgIpc) is 2.65. The van der Waals surface area contributed by atoms with Crippen molar-refractivity contribution in [2.75, 3.05) is 6.54 Å². The summed E-state index contributed by atoms with van der Waals surface area (Å²) in [6, 6.07) is 13.2. The van der Waals surface area contributed by atoms with E-state index >= 15 is 0 Å². The Kier molecular flexibility index (Phi) is 6.49. The minimum atomic E-state index is -0.807. The number of benzene rings is 2. The Labute approximate surface area is 152 Å². The number of carbonyl (C=O) groups is 3. The molecule has 0 aliphatic heterocycles. The van der Waals surface area contributed by atoms with Crippen molar-refractivity contribution in [3.05, 3.63) is 65.2 Å². The van der Waals surface area contributed by atoms with Crippen molar-refractivity contribution in [2.24, 2.45) is 11.7 Å². The number of primary amides is 1. The summed E-state index contributed by atoms with van der Waals surface area (Å²) in [6.45, 7) is 2.55. The van der Waals surface area contributed by atoms with E-state index in [0.717, 1.165) is 11.1 Å². The molecule has 6 heteroatoms. The van der Waals surface area contributed by atoms with Crippen LogP contribution < -0.4 is 5.73 Å². The van der Waals surface area contributed by atoms with Crippen LogP contribution in [0.25, 0.3) is 0 Å². The lowest BCUT2D eigenvalue weighted by Gasteiger charge is -2.24. The maximum absolute atomic E-state index is 12.8. The van der Waals surface area contributed by atoms with E-state index in [9.17, 15) is 19.5 Å². The molecule has 1 unspecified atom stereocenters. The smallest absolute Gasteiger partial charge is 0.248 e. The summed E-state index contributed by atoms with van der Waals surface area (Å²) < 4.78 is 0. The second kappa shape index (κ2) is 8.80. The lowest BCUT2D eigenvalue weighted by atomic mass is 9.98. The minimum Gasteiger partial charge on any atom is -0.508 e. The maximum atomic E-state index is 12.8. The van der Waals surface area contributed by atoms with Gasteiger partial charge in [0, 0.05) is 18.7 Å². The van der Waals surface area contributed by atoms with Gasteiger partial charge in [-0.1, -0.05) is 24.3 Å². The first-order valence-corrected chi connectivity index (χ1v) is 8.35. The van der Waals surface area contributed by atoms with Crippen LogP contribution >= 0.6 is 0 Å². The summed E-state index contributed by atoms with van der Waals surface area (Å²) in [4.78, 5) is 37.1. The normalized spacial score (nSPS) is 11.6. The lowest BCUT2D eigenvalue weighted by Crippen LogP contribution is -2.37. The molecule has 2 amide bonds. The molecule has 0 fully saturated rings. The Morgan fingerprint density at radius 1 is 1.15 bits per heavy atom. The van der Waals surface area contributed by atoms with Crippen LogP contribution in [0.5, 0.6) is 5.75 Å². The van der Waals surface area contributed by atoms with E-state index in [0.29, 0.717) is 18.4 Å². The number of amides is 2. The standard InChI is InChI=1S/C20H22N2O4/c1-2-22(12-15-4-3-5-16(11-15)19(21)25)20(26)17(13-23)10-14-6-8-18(24)9-7-14/h3-9,11,13,17,24H,2,10,12H2,1H3,(H2,21,25). The molecule has 0 radical (unpaired) electrons. The average molecular weight is 354 g/mol. The predicted octanol–water partition coefficient (Wildman–Crippen LogP) is 1.90. The van der Waals surface area contributed by atoms with Gasteiger partial charge in [0.1, 0.15) is 12.0 Å². The molecule has 0 aromatic heterocycles. The third-order valence-corrected chi connectivity index (χ3v) is 4.15. The Morgan fingerprint density at radius 2 is 1.85 bits per heavy atom. The van der Waals surface area contributed by atoms with Gasteiger partial charge in [-0.25, -0.2) is 0 Å². The first-order chi connectivity index (χ1) is 12.4. The van der Waals surface area contributed by atoms with Gasteiger partial charge >= 0.3 is 0 Å². The zero-order chi connectivity index (χ0) is 19.1. The summed E-state index contributed by atoms with van der Waals surface area (Å²) in [7, 11) is 0. The quantitative estimate of drug-likeness (QED) is 0.558. The van der Waals surface area contributed by atoms with Gasteiger partial charge in [0.2, 0.25) is 11.8 Å². The molecule has 26 heavy (non-hydrogen) atoms. The summed E-state index contributed by atoms with van der Waals surface area (Å²) in [5, 5.41) is 9.33. The highest BCUT2D eigenvalue weighted by atomic mass is 16.3. The summed E-state index contributed by atoms with van der Waals surface area (Å²) in [5.41, 5.74) is 7.23. The molecule has 6 nitrogen and oxygen atoms in total. The lowest BCUT2D eigenvalue weighted by molar-refractivity contribution is -0.138. The largest absolute Gasteiger partial charge is 0.508 e. The molecule has 0 bridgehead atoms. The van der Waals surface area contributed by atoms with E-state index in [1.54, 1.807) is 41.3 Å². The minimum absolute atomic E-state index is 0.132. The number of hydrogen-bond acceptors (Lipinski definition) is 4. The van der Waals surface area contributed by atoms with Crippen molar-refractivity contribution >= 4 is 18.1 Å².